The number of carboxylic acid groups (broad SMARTS) is 1. The highest BCUT2D eigenvalue weighted by atomic mass is 19.1. The van der Waals surface area contributed by atoms with Gasteiger partial charge in [0.1, 0.15) is 11.4 Å². The molecule has 0 radical (unpaired) electrons. The lowest BCUT2D eigenvalue weighted by Gasteiger charge is -2.19. The maximum atomic E-state index is 13.6. The first kappa shape index (κ1) is 17.5. The Labute approximate surface area is 139 Å². The number of carbonyl (C=O) groups excluding carboxylic acids is 1. The summed E-state index contributed by atoms with van der Waals surface area (Å²) in [5.74, 6) is -1.85. The standard InChI is InChI=1S/C18H18FNO4/c1-18(2,3)24-17(23)20-15-6-4-5-11(10-15)12-7-13(16(21)22)9-14(19)8-12/h4-10H,1-3H3,(H,20,23)(H,21,22). The van der Waals surface area contributed by atoms with Gasteiger partial charge in [-0.3, -0.25) is 5.32 Å². The minimum atomic E-state index is -1.21. The van der Waals surface area contributed by atoms with Crippen molar-refractivity contribution in [1.82, 2.24) is 0 Å². The summed E-state index contributed by atoms with van der Waals surface area (Å²) in [6.45, 7) is 5.26. The molecule has 5 nitrogen and oxygen atoms in total. The molecule has 0 fully saturated rings. The number of hydrogen-bond donors (Lipinski definition) is 2. The van der Waals surface area contributed by atoms with Gasteiger partial charge in [-0.15, -0.1) is 0 Å². The van der Waals surface area contributed by atoms with Crippen molar-refractivity contribution in [2.45, 2.75) is 26.4 Å². The van der Waals surface area contributed by atoms with E-state index in [1.165, 1.54) is 12.1 Å². The highest BCUT2D eigenvalue weighted by Crippen LogP contribution is 2.25. The Hall–Kier alpha value is -2.89. The third-order valence-electron chi connectivity index (χ3n) is 2.99. The maximum absolute atomic E-state index is 13.6. The number of amides is 1. The van der Waals surface area contributed by atoms with Gasteiger partial charge in [0.15, 0.2) is 0 Å². The molecule has 2 N–H and O–H groups in total. The number of halogens is 1. The molecule has 0 aliphatic rings. The van der Waals surface area contributed by atoms with Gasteiger partial charge in [-0.25, -0.2) is 14.0 Å². The van der Waals surface area contributed by atoms with Crippen molar-refractivity contribution in [3.63, 3.8) is 0 Å². The molecule has 24 heavy (non-hydrogen) atoms. The summed E-state index contributed by atoms with van der Waals surface area (Å²) in [5, 5.41) is 11.6. The van der Waals surface area contributed by atoms with Gasteiger partial charge in [-0.2, -0.15) is 0 Å². The Morgan fingerprint density at radius 3 is 2.42 bits per heavy atom. The molecule has 0 bridgehead atoms. The fourth-order valence-corrected chi connectivity index (χ4v) is 2.08. The number of aromatic carboxylic acids is 1. The van der Waals surface area contributed by atoms with Crippen LogP contribution in [0.25, 0.3) is 11.1 Å². The van der Waals surface area contributed by atoms with Crippen LogP contribution in [0.2, 0.25) is 0 Å². The van der Waals surface area contributed by atoms with Gasteiger partial charge in [0.25, 0.3) is 0 Å². The number of carbonyl (C=O) groups is 2. The maximum Gasteiger partial charge on any atom is 0.412 e. The van der Waals surface area contributed by atoms with Gasteiger partial charge in [0, 0.05) is 5.69 Å². The highest BCUT2D eigenvalue weighted by Gasteiger charge is 2.16. The predicted octanol–water partition coefficient (Wildman–Crippen LogP) is 4.54. The number of carboxylic acids is 1. The van der Waals surface area contributed by atoms with Crippen LogP contribution in [0.15, 0.2) is 42.5 Å². The second-order valence-corrected chi connectivity index (χ2v) is 6.24. The SMILES string of the molecule is CC(C)(C)OC(=O)Nc1cccc(-c2cc(F)cc(C(=O)O)c2)c1. The number of nitrogens with one attached hydrogen (secondary N) is 1. The lowest BCUT2D eigenvalue weighted by Crippen LogP contribution is -2.27. The molecule has 2 aromatic carbocycles. The summed E-state index contributed by atoms with van der Waals surface area (Å²) < 4.78 is 18.8. The number of rotatable bonds is 3. The largest absolute Gasteiger partial charge is 0.478 e. The van der Waals surface area contributed by atoms with Gasteiger partial charge < -0.3 is 9.84 Å². The number of anilines is 1. The van der Waals surface area contributed by atoms with Crippen LogP contribution >= 0.6 is 0 Å². The quantitative estimate of drug-likeness (QED) is 0.866. The summed E-state index contributed by atoms with van der Waals surface area (Å²) in [6.07, 6.45) is -0.606. The first-order valence-electron chi connectivity index (χ1n) is 7.28. The molecule has 0 saturated carbocycles. The third kappa shape index (κ3) is 4.81. The molecular weight excluding hydrogens is 313 g/mol. The molecular formula is C18H18FNO4. The van der Waals surface area contributed by atoms with Crippen molar-refractivity contribution in [3.8, 4) is 11.1 Å². The van der Waals surface area contributed by atoms with E-state index in [4.69, 9.17) is 9.84 Å². The van der Waals surface area contributed by atoms with Gasteiger partial charge in [-0.1, -0.05) is 12.1 Å². The van der Waals surface area contributed by atoms with Crippen molar-refractivity contribution in [2.75, 3.05) is 5.32 Å². The van der Waals surface area contributed by atoms with E-state index in [1.54, 1.807) is 45.0 Å². The van der Waals surface area contributed by atoms with E-state index in [9.17, 15) is 14.0 Å². The topological polar surface area (TPSA) is 75.6 Å². The molecule has 0 saturated heterocycles. The van der Waals surface area contributed by atoms with Crippen molar-refractivity contribution in [1.29, 1.82) is 0 Å². The monoisotopic (exact) mass is 331 g/mol. The zero-order chi connectivity index (χ0) is 17.9. The molecule has 0 aliphatic heterocycles. The molecule has 0 heterocycles. The van der Waals surface area contributed by atoms with Crippen LogP contribution in [0.1, 0.15) is 31.1 Å². The molecule has 0 aromatic heterocycles. The number of benzene rings is 2. The van der Waals surface area contributed by atoms with E-state index >= 15 is 0 Å². The first-order chi connectivity index (χ1) is 11.1. The van der Waals surface area contributed by atoms with Crippen LogP contribution in [0, 0.1) is 5.82 Å². The van der Waals surface area contributed by atoms with Crippen LogP contribution in [0.4, 0.5) is 14.9 Å². The summed E-state index contributed by atoms with van der Waals surface area (Å²) in [7, 11) is 0. The zero-order valence-corrected chi connectivity index (χ0v) is 13.6. The molecule has 2 rings (SSSR count). The Bertz CT molecular complexity index is 781. The normalized spacial score (nSPS) is 11.0. The molecule has 126 valence electrons. The van der Waals surface area contributed by atoms with Crippen LogP contribution in [-0.4, -0.2) is 22.8 Å². The van der Waals surface area contributed by atoms with Crippen molar-refractivity contribution >= 4 is 17.7 Å². The second-order valence-electron chi connectivity index (χ2n) is 6.24. The van der Waals surface area contributed by atoms with E-state index in [2.05, 4.69) is 5.32 Å². The molecule has 0 unspecified atom stereocenters. The molecule has 0 spiro atoms. The van der Waals surface area contributed by atoms with E-state index in [0.29, 0.717) is 16.8 Å². The first-order valence-corrected chi connectivity index (χ1v) is 7.28. The van der Waals surface area contributed by atoms with Crippen LogP contribution < -0.4 is 5.32 Å². The number of ether oxygens (including phenoxy) is 1. The Morgan fingerprint density at radius 2 is 1.79 bits per heavy atom. The average molecular weight is 331 g/mol. The molecule has 0 atom stereocenters. The van der Waals surface area contributed by atoms with Gasteiger partial charge >= 0.3 is 12.1 Å². The lowest BCUT2D eigenvalue weighted by atomic mass is 10.0. The minimum absolute atomic E-state index is 0.143. The van der Waals surface area contributed by atoms with E-state index in [-0.39, 0.29) is 5.56 Å². The van der Waals surface area contributed by atoms with Crippen molar-refractivity contribution < 1.29 is 23.8 Å². The van der Waals surface area contributed by atoms with Gasteiger partial charge in [0.05, 0.1) is 5.56 Å². The Kier molecular flexibility index (Phi) is 4.87. The van der Waals surface area contributed by atoms with Crippen molar-refractivity contribution in [2.24, 2.45) is 0 Å². The van der Waals surface area contributed by atoms with Gasteiger partial charge in [0.2, 0.25) is 0 Å². The molecule has 6 heteroatoms. The molecule has 2 aromatic rings. The van der Waals surface area contributed by atoms with Crippen LogP contribution in [-0.2, 0) is 4.74 Å². The average Bonchev–Trinajstić information content (AvgIpc) is 2.44. The summed E-state index contributed by atoms with van der Waals surface area (Å²) in [4.78, 5) is 22.8. The summed E-state index contributed by atoms with van der Waals surface area (Å²) in [6, 6.07) is 10.2. The van der Waals surface area contributed by atoms with Crippen LogP contribution in [0.3, 0.4) is 0 Å². The lowest BCUT2D eigenvalue weighted by molar-refractivity contribution is 0.0634. The number of hydrogen-bond acceptors (Lipinski definition) is 3. The highest BCUT2D eigenvalue weighted by molar-refractivity contribution is 5.90. The van der Waals surface area contributed by atoms with E-state index in [0.717, 1.165) is 6.07 Å². The van der Waals surface area contributed by atoms with Crippen molar-refractivity contribution in [3.05, 3.63) is 53.8 Å². The van der Waals surface area contributed by atoms with Gasteiger partial charge in [-0.05, 0) is 62.2 Å². The smallest absolute Gasteiger partial charge is 0.412 e. The van der Waals surface area contributed by atoms with Crippen LogP contribution in [0.5, 0.6) is 0 Å². The van der Waals surface area contributed by atoms with E-state index in [1.807, 2.05) is 0 Å². The summed E-state index contributed by atoms with van der Waals surface area (Å²) >= 11 is 0. The Balaban J connectivity index is 2.28. The fourth-order valence-electron chi connectivity index (χ4n) is 2.08. The second kappa shape index (κ2) is 6.70. The van der Waals surface area contributed by atoms with E-state index < -0.39 is 23.5 Å². The summed E-state index contributed by atoms with van der Waals surface area (Å²) in [5.41, 5.74) is 0.671. The Morgan fingerprint density at radius 1 is 1.08 bits per heavy atom. The fraction of sp³-hybridized carbons (Fsp3) is 0.222. The molecule has 1 amide bonds. The minimum Gasteiger partial charge on any atom is -0.478 e. The predicted molar refractivity (Wildman–Crippen MR) is 88.7 cm³/mol. The molecule has 0 aliphatic carbocycles. The zero-order valence-electron chi connectivity index (χ0n) is 13.6. The third-order valence-corrected chi connectivity index (χ3v) is 2.99.